The lowest BCUT2D eigenvalue weighted by atomic mass is 10.00. The van der Waals surface area contributed by atoms with Gasteiger partial charge in [-0.3, -0.25) is 4.79 Å². The van der Waals surface area contributed by atoms with Crippen LogP contribution in [0.15, 0.2) is 12.1 Å². The maximum Gasteiger partial charge on any atom is 0.309 e. The van der Waals surface area contributed by atoms with Crippen molar-refractivity contribution < 1.29 is 12.6 Å². The van der Waals surface area contributed by atoms with Crippen LogP contribution in [-0.4, -0.2) is 13.1 Å². The molecule has 4 heteroatoms. The van der Waals surface area contributed by atoms with Crippen LogP contribution in [0.25, 0.3) is 0 Å². The molecule has 0 bridgehead atoms. The smallest absolute Gasteiger partial charge is 0.309 e. The Morgan fingerprint density at radius 2 is 2.12 bits per heavy atom. The van der Waals surface area contributed by atoms with Crippen molar-refractivity contribution in [3.63, 3.8) is 0 Å². The van der Waals surface area contributed by atoms with Crippen LogP contribution in [0.1, 0.15) is 23.1 Å². The normalized spacial score (nSPS) is 13.4. The molecule has 0 unspecified atom stereocenters. The molecule has 1 aromatic carbocycles. The number of ether oxygens (including phenoxy) is 1. The Morgan fingerprint density at radius 1 is 1.38 bits per heavy atom. The highest BCUT2D eigenvalue weighted by Crippen LogP contribution is 2.34. The molecular formula is C12H13IO3. The van der Waals surface area contributed by atoms with Gasteiger partial charge in [-0.25, -0.2) is 0 Å². The zero-order valence-corrected chi connectivity index (χ0v) is 11.2. The van der Waals surface area contributed by atoms with Crippen LogP contribution in [0.2, 0.25) is 0 Å². The summed E-state index contributed by atoms with van der Waals surface area (Å²) in [6.45, 7) is 0. The molecule has 3 nitrogen and oxygen atoms in total. The van der Waals surface area contributed by atoms with E-state index in [4.69, 9.17) is 7.80 Å². The van der Waals surface area contributed by atoms with E-state index in [2.05, 4.69) is 0 Å². The zero-order valence-electron chi connectivity index (χ0n) is 9.09. The van der Waals surface area contributed by atoms with E-state index in [-0.39, 0.29) is 5.97 Å². The Bertz CT molecular complexity index is 415. The summed E-state index contributed by atoms with van der Waals surface area (Å²) in [5.41, 5.74) is 3.62. The summed E-state index contributed by atoms with van der Waals surface area (Å²) < 4.78 is 10.00. The fraction of sp³-hybridized carbons (Fsp3) is 0.417. The second-order valence-corrected chi connectivity index (χ2v) is 4.30. The highest BCUT2D eigenvalue weighted by Gasteiger charge is 2.20. The summed E-state index contributed by atoms with van der Waals surface area (Å²) in [7, 11) is 1.42. The minimum absolute atomic E-state index is 0.183. The van der Waals surface area contributed by atoms with Crippen LogP contribution in [0, 0.1) is 0 Å². The zero-order chi connectivity index (χ0) is 11.5. The number of carbonyl (C=O) groups excluding carboxylic acids is 1. The molecular weight excluding hydrogens is 319 g/mol. The lowest BCUT2D eigenvalue weighted by molar-refractivity contribution is -0.139. The Hall–Kier alpha value is -0.780. The quantitative estimate of drug-likeness (QED) is 0.631. The van der Waals surface area contributed by atoms with Crippen LogP contribution in [-0.2, 0) is 28.8 Å². The first-order chi connectivity index (χ1) is 7.76. The number of halogens is 1. The van der Waals surface area contributed by atoms with Gasteiger partial charge in [-0.1, -0.05) is 6.07 Å². The van der Waals surface area contributed by atoms with E-state index < -0.39 is 0 Å². The summed E-state index contributed by atoms with van der Waals surface area (Å²) in [4.78, 5) is 11.3. The average Bonchev–Trinajstić information content (AvgIpc) is 2.78. The van der Waals surface area contributed by atoms with Crippen LogP contribution >= 0.6 is 23.0 Å². The lowest BCUT2D eigenvalue weighted by Gasteiger charge is -2.10. The second-order valence-electron chi connectivity index (χ2n) is 3.86. The summed E-state index contributed by atoms with van der Waals surface area (Å²) in [5, 5.41) is 0. The van der Waals surface area contributed by atoms with Crippen LogP contribution < -0.4 is 3.07 Å². The molecule has 0 amide bonds. The number of esters is 1. The fourth-order valence-corrected chi connectivity index (χ4v) is 2.63. The molecule has 0 atom stereocenters. The van der Waals surface area contributed by atoms with Gasteiger partial charge in [0, 0.05) is 0 Å². The molecule has 0 aliphatic heterocycles. The number of rotatable bonds is 3. The Labute approximate surface area is 109 Å². The van der Waals surface area contributed by atoms with Gasteiger partial charge < -0.3 is 7.80 Å². The standard InChI is InChI=1S/C12H13IO3/c1-15-12(14)7-8-5-6-11(16-13)10-4-2-3-9(8)10/h5-6H,2-4,7H2,1H3. The van der Waals surface area contributed by atoms with Crippen molar-refractivity contribution in [1.29, 1.82) is 0 Å². The van der Waals surface area contributed by atoms with E-state index in [9.17, 15) is 4.79 Å². The maximum atomic E-state index is 11.3. The molecule has 16 heavy (non-hydrogen) atoms. The summed E-state index contributed by atoms with van der Waals surface area (Å²) in [5.74, 6) is 0.749. The van der Waals surface area contributed by atoms with Crippen LogP contribution in [0.3, 0.4) is 0 Å². The monoisotopic (exact) mass is 332 g/mol. The van der Waals surface area contributed by atoms with Gasteiger partial charge in [0.2, 0.25) is 0 Å². The minimum Gasteiger partial charge on any atom is -0.469 e. The topological polar surface area (TPSA) is 35.5 Å². The number of benzene rings is 1. The van der Waals surface area contributed by atoms with E-state index in [0.29, 0.717) is 6.42 Å². The molecule has 0 N–H and O–H groups in total. The van der Waals surface area contributed by atoms with Gasteiger partial charge in [-0.15, -0.1) is 0 Å². The summed E-state index contributed by atoms with van der Waals surface area (Å²) in [6.07, 6.45) is 3.58. The van der Waals surface area contributed by atoms with Gasteiger partial charge in [0.1, 0.15) is 5.75 Å². The lowest BCUT2D eigenvalue weighted by Crippen LogP contribution is -2.07. The molecule has 1 aromatic rings. The molecule has 86 valence electrons. The number of fused-ring (bicyclic) bond motifs is 1. The molecule has 0 aromatic heterocycles. The molecule has 0 saturated heterocycles. The fourth-order valence-electron chi connectivity index (χ4n) is 2.21. The number of methoxy groups -OCH3 is 1. The first kappa shape index (κ1) is 11.7. The third kappa shape index (κ3) is 2.16. The first-order valence-electron chi connectivity index (χ1n) is 5.25. The van der Waals surface area contributed by atoms with E-state index >= 15 is 0 Å². The van der Waals surface area contributed by atoms with Gasteiger partial charge in [-0.2, -0.15) is 0 Å². The predicted molar refractivity (Wildman–Crippen MR) is 68.8 cm³/mol. The van der Waals surface area contributed by atoms with Crippen molar-refractivity contribution >= 4 is 29.0 Å². The van der Waals surface area contributed by atoms with E-state index in [1.54, 1.807) is 0 Å². The molecule has 0 heterocycles. The van der Waals surface area contributed by atoms with Crippen molar-refractivity contribution in [3.05, 3.63) is 28.8 Å². The molecule has 0 radical (unpaired) electrons. The van der Waals surface area contributed by atoms with Gasteiger partial charge >= 0.3 is 5.97 Å². The highest BCUT2D eigenvalue weighted by atomic mass is 127. The molecule has 0 fully saturated rings. The van der Waals surface area contributed by atoms with E-state index in [1.807, 2.05) is 35.1 Å². The molecule has 2 rings (SSSR count). The van der Waals surface area contributed by atoms with Gasteiger partial charge in [0.25, 0.3) is 0 Å². The van der Waals surface area contributed by atoms with Crippen molar-refractivity contribution in [3.8, 4) is 5.75 Å². The Kier molecular flexibility index (Phi) is 3.68. The van der Waals surface area contributed by atoms with Gasteiger partial charge in [0.15, 0.2) is 23.0 Å². The minimum atomic E-state index is -0.183. The highest BCUT2D eigenvalue weighted by molar-refractivity contribution is 14.1. The second kappa shape index (κ2) is 5.03. The third-order valence-corrected chi connectivity index (χ3v) is 3.46. The SMILES string of the molecule is COC(=O)Cc1ccc(OI)c2c1CCC2. The molecule has 0 spiro atoms. The van der Waals surface area contributed by atoms with Crippen molar-refractivity contribution in [2.24, 2.45) is 0 Å². The summed E-state index contributed by atoms with van der Waals surface area (Å²) in [6, 6.07) is 3.91. The van der Waals surface area contributed by atoms with E-state index in [0.717, 1.165) is 30.6 Å². The number of hydrogen-bond acceptors (Lipinski definition) is 3. The number of carbonyl (C=O) groups is 1. The van der Waals surface area contributed by atoms with Gasteiger partial charge in [-0.05, 0) is 42.0 Å². The van der Waals surface area contributed by atoms with Crippen LogP contribution in [0.5, 0.6) is 5.75 Å². The van der Waals surface area contributed by atoms with Crippen LogP contribution in [0.4, 0.5) is 0 Å². The first-order valence-corrected chi connectivity index (χ1v) is 6.13. The summed E-state index contributed by atoms with van der Waals surface area (Å²) >= 11 is 1.90. The molecule has 1 aliphatic carbocycles. The van der Waals surface area contributed by atoms with Crippen molar-refractivity contribution in [1.82, 2.24) is 0 Å². The van der Waals surface area contributed by atoms with Crippen molar-refractivity contribution in [2.75, 3.05) is 7.11 Å². The largest absolute Gasteiger partial charge is 0.469 e. The van der Waals surface area contributed by atoms with Crippen molar-refractivity contribution in [2.45, 2.75) is 25.7 Å². The maximum absolute atomic E-state index is 11.3. The Morgan fingerprint density at radius 3 is 2.81 bits per heavy atom. The third-order valence-electron chi connectivity index (χ3n) is 2.98. The average molecular weight is 332 g/mol. The Balaban J connectivity index is 2.34. The van der Waals surface area contributed by atoms with Gasteiger partial charge in [0.05, 0.1) is 13.5 Å². The molecule has 0 saturated carbocycles. The predicted octanol–water partition coefficient (Wildman–Crippen LogP) is 2.62. The molecule has 1 aliphatic rings. The number of hydrogen-bond donors (Lipinski definition) is 0. The van der Waals surface area contributed by atoms with E-state index in [1.165, 1.54) is 18.2 Å².